The lowest BCUT2D eigenvalue weighted by Crippen LogP contribution is -2.45. The highest BCUT2D eigenvalue weighted by molar-refractivity contribution is 6.75. The minimum atomic E-state index is -1.99. The van der Waals surface area contributed by atoms with Gasteiger partial charge in [-0.25, -0.2) is 0 Å². The first kappa shape index (κ1) is 22.8. The fourth-order valence-electron chi connectivity index (χ4n) is 1.73. The Morgan fingerprint density at radius 3 is 1.46 bits per heavy atom. The van der Waals surface area contributed by atoms with Crippen LogP contribution >= 0.6 is 0 Å². The molecule has 0 unspecified atom stereocenters. The highest BCUT2D eigenvalue weighted by Crippen LogP contribution is 2.42. The van der Waals surface area contributed by atoms with Gasteiger partial charge < -0.3 is 13.6 Å². The van der Waals surface area contributed by atoms with Crippen LogP contribution in [0, 0.1) is 0 Å². The number of rotatable bonds is 6. The molecule has 0 heterocycles. The van der Waals surface area contributed by atoms with Gasteiger partial charge in [0.15, 0.2) is 0 Å². The van der Waals surface area contributed by atoms with E-state index in [1.165, 1.54) is 0 Å². The van der Waals surface area contributed by atoms with Gasteiger partial charge in [0.25, 0.3) is 22.6 Å². The van der Waals surface area contributed by atoms with E-state index in [2.05, 4.69) is 67.7 Å². The van der Waals surface area contributed by atoms with Crippen LogP contribution in [0.3, 0.4) is 0 Å². The minimum Gasteiger partial charge on any atom is -0.520 e. The van der Waals surface area contributed by atoms with Gasteiger partial charge in [0, 0.05) is 6.08 Å². The Labute approximate surface area is 163 Å². The average Bonchev–Trinajstić information content (AvgIpc) is 2.44. The molecule has 1 aromatic carbocycles. The fourth-order valence-corrected chi connectivity index (χ4v) is 3.63. The molecule has 5 heteroatoms. The molecule has 0 fully saturated rings. The summed E-state index contributed by atoms with van der Waals surface area (Å²) in [7, 11) is -2.31. The second kappa shape index (κ2) is 7.81. The molecule has 26 heavy (non-hydrogen) atoms. The molecular weight excluding hydrogens is 356 g/mol. The van der Waals surface area contributed by atoms with Crippen molar-refractivity contribution in [3.05, 3.63) is 35.8 Å². The molecule has 0 aliphatic carbocycles. The van der Waals surface area contributed by atoms with Crippen LogP contribution in [0.2, 0.25) is 36.3 Å². The lowest BCUT2D eigenvalue weighted by molar-refractivity contribution is 0.201. The Hall–Kier alpha value is -1.21. The third-order valence-corrected chi connectivity index (χ3v) is 14.4. The minimum absolute atomic E-state index is 0.114. The van der Waals surface area contributed by atoms with Crippen molar-refractivity contribution in [1.82, 2.24) is 0 Å². The maximum atomic E-state index is 6.58. The van der Waals surface area contributed by atoms with E-state index in [-0.39, 0.29) is 10.1 Å². The van der Waals surface area contributed by atoms with Crippen molar-refractivity contribution < 1.29 is 13.6 Å². The first-order chi connectivity index (χ1) is 11.6. The van der Waals surface area contributed by atoms with Crippen LogP contribution in [0.1, 0.15) is 47.1 Å². The quantitative estimate of drug-likeness (QED) is 0.382. The van der Waals surface area contributed by atoms with Crippen LogP contribution in [0.5, 0.6) is 5.75 Å². The summed E-state index contributed by atoms with van der Waals surface area (Å²) in [4.78, 5) is 0. The van der Waals surface area contributed by atoms with Crippen molar-refractivity contribution in [1.29, 1.82) is 0 Å². The normalized spacial score (nSPS) is 13.2. The van der Waals surface area contributed by atoms with E-state index < -0.39 is 16.6 Å². The van der Waals surface area contributed by atoms with E-state index in [0.717, 1.165) is 11.3 Å². The predicted octanol–water partition coefficient (Wildman–Crippen LogP) is 7.04. The first-order valence-electron chi connectivity index (χ1n) is 9.33. The molecule has 0 bridgehead atoms. The molecule has 1 aromatic rings. The molecule has 0 spiro atoms. The molecule has 0 amide bonds. The molecule has 0 aliphatic heterocycles. The van der Waals surface area contributed by atoms with E-state index in [9.17, 15) is 0 Å². The van der Waals surface area contributed by atoms with Crippen LogP contribution in [-0.4, -0.2) is 23.7 Å². The number of methoxy groups -OCH3 is 1. The summed E-state index contributed by atoms with van der Waals surface area (Å²) in [6.07, 6.45) is 2.03. The van der Waals surface area contributed by atoms with Crippen molar-refractivity contribution >= 4 is 22.7 Å². The fraction of sp³-hybridized carbons (Fsp3) is 0.619. The third kappa shape index (κ3) is 5.91. The molecular formula is C21H38O3Si2. The molecule has 0 aliphatic rings. The lowest BCUT2D eigenvalue weighted by Gasteiger charge is -2.41. The molecule has 0 radical (unpaired) electrons. The van der Waals surface area contributed by atoms with Crippen molar-refractivity contribution in [3.63, 3.8) is 0 Å². The molecule has 0 saturated heterocycles. The molecule has 0 N–H and O–H groups in total. The predicted molar refractivity (Wildman–Crippen MR) is 118 cm³/mol. The van der Waals surface area contributed by atoms with Gasteiger partial charge in [-0.15, -0.1) is 0 Å². The smallest absolute Gasteiger partial charge is 0.254 e. The van der Waals surface area contributed by atoms with Crippen molar-refractivity contribution in [2.24, 2.45) is 0 Å². The van der Waals surface area contributed by atoms with Gasteiger partial charge in [0.1, 0.15) is 5.75 Å². The molecule has 0 saturated carbocycles. The Morgan fingerprint density at radius 1 is 0.769 bits per heavy atom. The Balaban J connectivity index is 3.26. The Bertz CT molecular complexity index is 588. The van der Waals surface area contributed by atoms with Gasteiger partial charge in [-0.2, -0.15) is 0 Å². The van der Waals surface area contributed by atoms with Crippen LogP contribution in [0.4, 0.5) is 0 Å². The standard InChI is InChI=1S/C21H38O3Si2/c1-20(2,3)25(8,9)23-19(24-26(10,11)21(4,5)6)16-17-12-14-18(22-7)15-13-17/h12-16H,1-11H3. The summed E-state index contributed by atoms with van der Waals surface area (Å²) < 4.78 is 18.4. The van der Waals surface area contributed by atoms with Gasteiger partial charge in [0.2, 0.25) is 0 Å². The second-order valence-electron chi connectivity index (χ2n) is 9.96. The van der Waals surface area contributed by atoms with Gasteiger partial charge in [-0.05, 0) is 54.0 Å². The van der Waals surface area contributed by atoms with Crippen molar-refractivity contribution in [2.45, 2.75) is 77.8 Å². The van der Waals surface area contributed by atoms with Crippen molar-refractivity contribution in [3.8, 4) is 5.75 Å². The Morgan fingerprint density at radius 2 is 1.15 bits per heavy atom. The van der Waals surface area contributed by atoms with Crippen LogP contribution in [-0.2, 0) is 8.85 Å². The highest BCUT2D eigenvalue weighted by atomic mass is 28.4. The summed E-state index contributed by atoms with van der Waals surface area (Å²) in [6.45, 7) is 22.5. The summed E-state index contributed by atoms with van der Waals surface area (Å²) in [6, 6.07) is 7.98. The lowest BCUT2D eigenvalue weighted by atomic mass is 10.2. The van der Waals surface area contributed by atoms with Gasteiger partial charge in [-0.1, -0.05) is 53.7 Å². The highest BCUT2D eigenvalue weighted by Gasteiger charge is 2.43. The zero-order valence-electron chi connectivity index (χ0n) is 18.6. The molecule has 0 atom stereocenters. The topological polar surface area (TPSA) is 27.7 Å². The van der Waals surface area contributed by atoms with E-state index >= 15 is 0 Å². The molecule has 0 aromatic heterocycles. The number of hydrogen-bond acceptors (Lipinski definition) is 3. The molecule has 148 valence electrons. The van der Waals surface area contributed by atoms with E-state index in [0.29, 0.717) is 5.95 Å². The Kier molecular flexibility index (Phi) is 6.86. The first-order valence-corrected chi connectivity index (χ1v) is 15.1. The van der Waals surface area contributed by atoms with Crippen LogP contribution in [0.25, 0.3) is 6.08 Å². The summed E-state index contributed by atoms with van der Waals surface area (Å²) in [5.41, 5.74) is 1.05. The zero-order valence-corrected chi connectivity index (χ0v) is 20.6. The van der Waals surface area contributed by atoms with E-state index in [1.54, 1.807) is 7.11 Å². The molecule has 1 rings (SSSR count). The van der Waals surface area contributed by atoms with Gasteiger partial charge >= 0.3 is 0 Å². The van der Waals surface area contributed by atoms with Crippen LogP contribution < -0.4 is 4.74 Å². The van der Waals surface area contributed by atoms with Crippen LogP contribution in [0.15, 0.2) is 30.2 Å². The van der Waals surface area contributed by atoms with Gasteiger partial charge in [0.05, 0.1) is 7.11 Å². The summed E-state index contributed by atoms with van der Waals surface area (Å²) >= 11 is 0. The zero-order chi connectivity index (χ0) is 20.4. The summed E-state index contributed by atoms with van der Waals surface area (Å²) in [5.74, 6) is 1.51. The second-order valence-corrected chi connectivity index (χ2v) is 19.4. The third-order valence-electron chi connectivity index (χ3n) is 5.72. The number of hydrogen-bond donors (Lipinski definition) is 0. The maximum Gasteiger partial charge on any atom is 0.254 e. The SMILES string of the molecule is COc1ccc(C=C(O[Si](C)(C)C(C)(C)C)O[Si](C)(C)C(C)(C)C)cc1. The molecule has 3 nitrogen and oxygen atoms in total. The summed E-state index contributed by atoms with van der Waals surface area (Å²) in [5, 5.41) is 0.228. The monoisotopic (exact) mass is 394 g/mol. The number of benzene rings is 1. The average molecular weight is 395 g/mol. The van der Waals surface area contributed by atoms with E-state index in [1.807, 2.05) is 30.3 Å². The largest absolute Gasteiger partial charge is 0.520 e. The van der Waals surface area contributed by atoms with Gasteiger partial charge in [-0.3, -0.25) is 0 Å². The maximum absolute atomic E-state index is 6.58. The van der Waals surface area contributed by atoms with E-state index in [4.69, 9.17) is 13.6 Å². The van der Waals surface area contributed by atoms with Crippen molar-refractivity contribution in [2.75, 3.05) is 7.11 Å². The number of ether oxygens (including phenoxy) is 1.